The summed E-state index contributed by atoms with van der Waals surface area (Å²) in [6, 6.07) is 10.2. The first-order valence-corrected chi connectivity index (χ1v) is 45.6. The quantitative estimate of drug-likeness (QED) is 0.0329. The Morgan fingerprint density at radius 3 is 0.928 bits per heavy atom. The molecule has 12 N–H and O–H groups in total. The van der Waals surface area contributed by atoms with Crippen molar-refractivity contribution in [2.75, 3.05) is 123 Å². The summed E-state index contributed by atoms with van der Waals surface area (Å²) in [4.78, 5) is 43.5. The highest BCUT2D eigenvalue weighted by Crippen LogP contribution is 2.43. The normalized spacial score (nSPS) is 20.6. The van der Waals surface area contributed by atoms with Crippen molar-refractivity contribution in [2.45, 2.75) is 196 Å². The van der Waals surface area contributed by atoms with Crippen molar-refractivity contribution in [1.82, 2.24) is 117 Å². The largest absolute Gasteiger partial charge is 0.494 e. The number of hydrogen-bond acceptors (Lipinski definition) is 32. The van der Waals surface area contributed by atoms with Crippen LogP contribution < -0.4 is 61.5 Å². The Morgan fingerprint density at radius 2 is 0.647 bits per heavy atom. The fraction of sp³-hybridized carbons (Fsp3) is 0.473. The summed E-state index contributed by atoms with van der Waals surface area (Å²) in [7, 11) is 5.71. The van der Waals surface area contributed by atoms with Crippen molar-refractivity contribution in [3.8, 4) is 23.0 Å². The van der Waals surface area contributed by atoms with Crippen LogP contribution in [-0.2, 0) is 26.2 Å². The molecule has 6 aliphatic rings. The molecule has 0 radical (unpaired) electrons. The Morgan fingerprint density at radius 1 is 0.374 bits per heavy atom. The van der Waals surface area contributed by atoms with Crippen molar-refractivity contribution in [3.63, 3.8) is 0 Å². The number of piperidine rings is 4. The van der Waals surface area contributed by atoms with E-state index < -0.39 is 70.4 Å². The van der Waals surface area contributed by atoms with E-state index in [1.807, 2.05) is 45.1 Å². The predicted molar refractivity (Wildman–Crippen MR) is 499 cm³/mol. The van der Waals surface area contributed by atoms with Crippen LogP contribution in [0.5, 0.6) is 23.0 Å². The SMILES string of the molecule is COc1cc(F)cc2c1nc(N)n1nc([C@@H]3C[C@H](F)CN(c4cn(CC(C)(C)O)nc4C)C3)nc21.COc1cc(F)cc2c1nc(N)n1nc([C@@H]3C[C@H](F)CN(c4cnn(CC5(O)CCC5)c4)C3)nc21.COc1cc(F)cc2c1nc(N)n1nc([C@H]3C[C@@H](F)CN(c4cnn(CC5(O)CCC5)c4)C3)nc21.COc1cc(F)cc2c1nc(N)n1nc([C@H]3C[C@H](F)CN(c4cnn(CC(C)(C)O)c4)C3)nc21. The summed E-state index contributed by atoms with van der Waals surface area (Å²) in [5.41, 5.74) is 28.0. The van der Waals surface area contributed by atoms with Gasteiger partial charge in [-0.05, 0) is 123 Å². The van der Waals surface area contributed by atoms with Crippen molar-refractivity contribution in [1.29, 1.82) is 0 Å². The summed E-state index contributed by atoms with van der Waals surface area (Å²) in [5, 5.41) is 78.2. The molecule has 0 amide bonds. The highest BCUT2D eigenvalue weighted by atomic mass is 19.2. The van der Waals surface area contributed by atoms with Gasteiger partial charge in [0, 0.05) is 125 Å². The first-order chi connectivity index (χ1) is 66.3. The third-order valence-electron chi connectivity index (χ3n) is 26.1. The molecular weight excluding hydrogens is 1820 g/mol. The fourth-order valence-electron chi connectivity index (χ4n) is 19.4. The molecule has 0 bridgehead atoms. The number of aromatic nitrogens is 24. The van der Waals surface area contributed by atoms with Gasteiger partial charge >= 0.3 is 0 Å². The van der Waals surface area contributed by atoms with Crippen LogP contribution in [0.15, 0.2) is 91.9 Å². The Bertz CT molecular complexity index is 7090. The van der Waals surface area contributed by atoms with Crippen LogP contribution in [0.3, 0.4) is 0 Å². The number of benzene rings is 4. The first-order valence-electron chi connectivity index (χ1n) is 45.6. The maximum atomic E-state index is 14.9. The van der Waals surface area contributed by atoms with Gasteiger partial charge in [-0.3, -0.25) is 18.7 Å². The Labute approximate surface area is 787 Å². The number of alkyl halides is 4. The van der Waals surface area contributed by atoms with E-state index in [9.17, 15) is 55.5 Å². The zero-order valence-corrected chi connectivity index (χ0v) is 77.6. The molecule has 4 aliphatic heterocycles. The van der Waals surface area contributed by atoms with Gasteiger partial charge in [-0.25, -0.2) is 75.0 Å². The standard InChI is InChI=1S/2C23H26F2N8O2.C23H28F2N8O2.C22H26F2N8O2/c2*1-35-18-7-14(24)6-17-19(18)28-22(26)33-21(17)29-20(30-33)13-5-15(25)10-31(9-13)16-8-27-32(11-16)12-23(34)3-2-4-23;1-12-17(10-32(29-12)11-23(2,3)34)31-8-13(5-15(25)9-31)20-28-21-16-6-14(24)7-18(35-4)19(16)27-22(26)33(21)30-20;1-22(2,33)11-31-10-15(7-26-31)30-8-12(4-14(24)9-30)19-28-20-16-5-13(23)6-17(34-3)18(16)27-21(25)32(20)29-19/h2*6-8,11,13,15,34H,2-5,9-10,12H2,1H3,(H2,26,28);6-7,10,13,15,34H,5,8-9,11H2,1-4H3,(H2,26,27);5-7,10,12,14,33H,4,8-9,11H2,1-3H3,(H2,25,27)/t3*13-,15+;12-,14-/m1010/s1. The molecular formula is C91H106F8N32O8. The molecule has 0 spiro atoms. The van der Waals surface area contributed by atoms with Gasteiger partial charge in [-0.1, -0.05) is 0 Å². The van der Waals surface area contributed by atoms with E-state index in [-0.39, 0.29) is 122 Å². The third kappa shape index (κ3) is 19.3. The number of methoxy groups -OCH3 is 4. The summed E-state index contributed by atoms with van der Waals surface area (Å²) < 4.78 is 150. The zero-order valence-electron chi connectivity index (χ0n) is 77.6. The number of ether oxygens (including phenoxy) is 4. The van der Waals surface area contributed by atoms with E-state index in [2.05, 4.69) is 80.7 Å². The van der Waals surface area contributed by atoms with Gasteiger partial charge in [-0.15, -0.1) is 20.4 Å². The average molecular weight is 1930 g/mol. The van der Waals surface area contributed by atoms with Gasteiger partial charge in [0.25, 0.3) is 0 Å². The minimum Gasteiger partial charge on any atom is -0.494 e. The van der Waals surface area contributed by atoms with Gasteiger partial charge in [-0.2, -0.15) is 38.5 Å². The topological polar surface area (TPSA) is 478 Å². The number of rotatable bonds is 20. The van der Waals surface area contributed by atoms with Crippen LogP contribution >= 0.6 is 0 Å². The summed E-state index contributed by atoms with van der Waals surface area (Å²) >= 11 is 0. The van der Waals surface area contributed by atoms with Gasteiger partial charge in [0.2, 0.25) is 23.8 Å². The van der Waals surface area contributed by atoms with Crippen LogP contribution in [0, 0.1) is 30.2 Å². The van der Waals surface area contributed by atoms with Crippen LogP contribution in [0.1, 0.15) is 145 Å². The van der Waals surface area contributed by atoms with E-state index >= 15 is 0 Å². The predicted octanol–water partition coefficient (Wildman–Crippen LogP) is 9.82. The third-order valence-corrected chi connectivity index (χ3v) is 26.1. The lowest BCUT2D eigenvalue weighted by Gasteiger charge is -2.36. The molecule has 4 aromatic carbocycles. The van der Waals surface area contributed by atoms with Crippen molar-refractivity contribution < 1.29 is 74.5 Å². The average Bonchev–Trinajstić information content (AvgIpc) is 1.56. The molecule has 22 rings (SSSR count). The second-order valence-corrected chi connectivity index (χ2v) is 38.2. The second-order valence-electron chi connectivity index (χ2n) is 38.2. The molecule has 734 valence electrons. The number of aliphatic hydroxyl groups is 4. The molecule has 48 heteroatoms. The van der Waals surface area contributed by atoms with Crippen molar-refractivity contribution >= 4 is 113 Å². The Kier molecular flexibility index (Phi) is 24.7. The molecule has 0 unspecified atom stereocenters. The maximum Gasteiger partial charge on any atom is 0.223 e. The van der Waals surface area contributed by atoms with E-state index in [1.54, 1.807) is 71.2 Å². The lowest BCUT2D eigenvalue weighted by molar-refractivity contribution is -0.0502. The van der Waals surface area contributed by atoms with E-state index in [0.717, 1.165) is 67.0 Å². The van der Waals surface area contributed by atoms with Gasteiger partial charge in [0.15, 0.2) is 45.9 Å². The van der Waals surface area contributed by atoms with Crippen LogP contribution in [-0.4, -0.2) is 266 Å². The monoisotopic (exact) mass is 1930 g/mol. The minimum absolute atomic E-state index is 0.0727. The number of fused-ring (bicyclic) bond motifs is 12. The number of nitrogens with zero attached hydrogens (tertiary/aromatic N) is 28. The van der Waals surface area contributed by atoms with E-state index in [1.165, 1.54) is 95.0 Å². The van der Waals surface area contributed by atoms with Crippen molar-refractivity contribution in [3.05, 3.63) is 144 Å². The van der Waals surface area contributed by atoms with Crippen molar-refractivity contribution in [2.24, 2.45) is 0 Å². The first kappa shape index (κ1) is 93.8. The molecule has 139 heavy (non-hydrogen) atoms. The highest BCUT2D eigenvalue weighted by Gasteiger charge is 2.41. The number of anilines is 8. The van der Waals surface area contributed by atoms with Gasteiger partial charge in [0.05, 0.1) is 146 Å². The molecule has 12 aromatic heterocycles. The molecule has 2 aliphatic carbocycles. The number of hydrogen-bond donors (Lipinski definition) is 8. The van der Waals surface area contributed by atoms with E-state index in [0.29, 0.717) is 142 Å². The molecule has 40 nitrogen and oxygen atoms in total. The number of nitrogens with two attached hydrogens (primary N) is 4. The Balaban J connectivity index is 0.000000118. The molecule has 4 saturated heterocycles. The zero-order chi connectivity index (χ0) is 97.9. The Hall–Kier alpha value is -14.2. The van der Waals surface area contributed by atoms with Gasteiger partial charge in [0.1, 0.15) is 93.0 Å². The summed E-state index contributed by atoms with van der Waals surface area (Å²) in [5.74, 6) is -0.376. The summed E-state index contributed by atoms with van der Waals surface area (Å²) in [6.07, 6.45) is 14.0. The van der Waals surface area contributed by atoms with Gasteiger partial charge < -0.3 is 81.9 Å². The molecule has 2 saturated carbocycles. The second kappa shape index (κ2) is 36.6. The number of aryl methyl sites for hydroxylation is 1. The molecule has 16 aromatic rings. The molecule has 6 fully saturated rings. The molecule has 8 atom stereocenters. The fourth-order valence-corrected chi connectivity index (χ4v) is 19.4. The highest BCUT2D eigenvalue weighted by molar-refractivity contribution is 5.99. The summed E-state index contributed by atoms with van der Waals surface area (Å²) in [6.45, 7) is 12.9. The number of halogens is 8. The lowest BCUT2D eigenvalue weighted by Crippen LogP contribution is -2.41. The minimum atomic E-state index is -1.11. The lowest BCUT2D eigenvalue weighted by atomic mass is 9.80. The van der Waals surface area contributed by atoms with Crippen LogP contribution in [0.25, 0.3) is 66.2 Å². The smallest absolute Gasteiger partial charge is 0.223 e. The van der Waals surface area contributed by atoms with E-state index in [4.69, 9.17) is 41.9 Å². The van der Waals surface area contributed by atoms with Crippen LogP contribution in [0.2, 0.25) is 0 Å². The molecule has 16 heterocycles. The number of nitrogen functional groups attached to an aromatic ring is 4. The van der Waals surface area contributed by atoms with Crippen LogP contribution in [0.4, 0.5) is 81.7 Å². The maximum absolute atomic E-state index is 14.9.